The Balaban J connectivity index is 2.09. The zero-order valence-corrected chi connectivity index (χ0v) is 8.91. The molecular weight excluding hydrogens is 216 g/mol. The van der Waals surface area contributed by atoms with Crippen molar-refractivity contribution in [3.63, 3.8) is 0 Å². The first-order chi connectivity index (χ1) is 8.34. The van der Waals surface area contributed by atoms with Gasteiger partial charge in [-0.2, -0.15) is 10.2 Å². The molecule has 0 radical (unpaired) electrons. The maximum atomic E-state index is 5.79. The van der Waals surface area contributed by atoms with Crippen molar-refractivity contribution in [1.29, 1.82) is 0 Å². The van der Waals surface area contributed by atoms with Crippen molar-refractivity contribution in [3.8, 4) is 16.8 Å². The van der Waals surface area contributed by atoms with Gasteiger partial charge in [-0.25, -0.2) is 9.67 Å². The van der Waals surface area contributed by atoms with Crippen LogP contribution in [0, 0.1) is 0 Å². The van der Waals surface area contributed by atoms with Gasteiger partial charge in [0.05, 0.1) is 11.9 Å². The van der Waals surface area contributed by atoms with E-state index in [1.807, 2.05) is 24.3 Å². The third kappa shape index (κ3) is 1.65. The molecule has 3 rings (SSSR count). The summed E-state index contributed by atoms with van der Waals surface area (Å²) in [7, 11) is 0. The minimum Gasteiger partial charge on any atom is -0.384 e. The second-order valence-corrected chi connectivity index (χ2v) is 3.59. The zero-order chi connectivity index (χ0) is 11.7. The Morgan fingerprint density at radius 1 is 1.29 bits per heavy atom. The number of benzene rings is 1. The number of nitrogen functional groups attached to an aromatic ring is 1. The van der Waals surface area contributed by atoms with Crippen molar-refractivity contribution in [1.82, 2.24) is 25.0 Å². The van der Waals surface area contributed by atoms with Crippen molar-refractivity contribution in [2.45, 2.75) is 0 Å². The van der Waals surface area contributed by atoms with E-state index in [0.29, 0.717) is 5.82 Å². The van der Waals surface area contributed by atoms with Gasteiger partial charge in [-0.15, -0.1) is 0 Å². The predicted molar refractivity (Wildman–Crippen MR) is 63.4 cm³/mol. The van der Waals surface area contributed by atoms with Gasteiger partial charge in [0.2, 0.25) is 0 Å². The molecule has 6 heteroatoms. The van der Waals surface area contributed by atoms with Crippen LogP contribution in [0.15, 0.2) is 43.1 Å². The Morgan fingerprint density at radius 3 is 2.94 bits per heavy atom. The summed E-state index contributed by atoms with van der Waals surface area (Å²) in [4.78, 5) is 3.92. The van der Waals surface area contributed by atoms with E-state index in [-0.39, 0.29) is 0 Å². The summed E-state index contributed by atoms with van der Waals surface area (Å²) in [6.45, 7) is 0. The fraction of sp³-hybridized carbons (Fsp3) is 0. The predicted octanol–water partition coefficient (Wildman–Crippen LogP) is 1.24. The van der Waals surface area contributed by atoms with Gasteiger partial charge in [0.1, 0.15) is 18.5 Å². The largest absolute Gasteiger partial charge is 0.384 e. The van der Waals surface area contributed by atoms with Crippen LogP contribution in [0.4, 0.5) is 5.82 Å². The molecular formula is C11H10N6. The van der Waals surface area contributed by atoms with Crippen molar-refractivity contribution >= 4 is 5.82 Å². The topological polar surface area (TPSA) is 85.4 Å². The Bertz CT molecular complexity index is 625. The molecule has 17 heavy (non-hydrogen) atoms. The number of nitrogens with two attached hydrogens (primary N) is 1. The first-order valence-electron chi connectivity index (χ1n) is 5.09. The molecule has 0 atom stereocenters. The molecule has 6 nitrogen and oxygen atoms in total. The van der Waals surface area contributed by atoms with Crippen molar-refractivity contribution in [2.75, 3.05) is 5.73 Å². The third-order valence-electron chi connectivity index (χ3n) is 2.51. The van der Waals surface area contributed by atoms with E-state index in [1.54, 1.807) is 17.2 Å². The molecule has 3 aromatic rings. The molecule has 0 aliphatic carbocycles. The summed E-state index contributed by atoms with van der Waals surface area (Å²) < 4.78 is 1.69. The Labute approximate surface area is 97.1 Å². The number of rotatable bonds is 2. The summed E-state index contributed by atoms with van der Waals surface area (Å²) in [6.07, 6.45) is 4.85. The van der Waals surface area contributed by atoms with Gasteiger partial charge in [0.15, 0.2) is 0 Å². The molecule has 0 bridgehead atoms. The maximum absolute atomic E-state index is 5.79. The van der Waals surface area contributed by atoms with Gasteiger partial charge < -0.3 is 5.73 Å². The van der Waals surface area contributed by atoms with Crippen LogP contribution in [-0.2, 0) is 0 Å². The minimum atomic E-state index is 0.556. The van der Waals surface area contributed by atoms with E-state index in [4.69, 9.17) is 5.73 Å². The highest BCUT2D eigenvalue weighted by Crippen LogP contribution is 2.25. The van der Waals surface area contributed by atoms with Gasteiger partial charge >= 0.3 is 0 Å². The van der Waals surface area contributed by atoms with Gasteiger partial charge in [0, 0.05) is 5.56 Å². The molecule has 0 spiro atoms. The molecule has 3 N–H and O–H groups in total. The molecule has 1 aromatic carbocycles. The van der Waals surface area contributed by atoms with E-state index < -0.39 is 0 Å². The number of hydrogen-bond donors (Lipinski definition) is 2. The molecule has 0 aliphatic rings. The standard InChI is InChI=1S/C11H10N6/c12-11-10(5-14-16-11)8-2-1-3-9(4-8)17-7-13-6-15-17/h1-7H,(H3,12,14,16). The number of hydrogen-bond acceptors (Lipinski definition) is 4. The fourth-order valence-electron chi connectivity index (χ4n) is 1.68. The lowest BCUT2D eigenvalue weighted by Gasteiger charge is -2.03. The Hall–Kier alpha value is -2.63. The molecule has 0 aliphatic heterocycles. The smallest absolute Gasteiger partial charge is 0.138 e. The Morgan fingerprint density at radius 2 is 2.24 bits per heavy atom. The second-order valence-electron chi connectivity index (χ2n) is 3.59. The average molecular weight is 226 g/mol. The SMILES string of the molecule is Nc1[nH]ncc1-c1cccc(-n2cncn2)c1. The van der Waals surface area contributed by atoms with Crippen LogP contribution in [0.1, 0.15) is 0 Å². The van der Waals surface area contributed by atoms with Gasteiger partial charge in [-0.05, 0) is 17.7 Å². The summed E-state index contributed by atoms with van der Waals surface area (Å²) in [5, 5.41) is 10.7. The number of H-pyrrole nitrogens is 1. The molecule has 0 fully saturated rings. The molecule has 2 aromatic heterocycles. The number of aromatic amines is 1. The van der Waals surface area contributed by atoms with Crippen LogP contribution < -0.4 is 5.73 Å². The summed E-state index contributed by atoms with van der Waals surface area (Å²) in [5.41, 5.74) is 8.59. The van der Waals surface area contributed by atoms with Gasteiger partial charge in [0.25, 0.3) is 0 Å². The lowest BCUT2D eigenvalue weighted by Crippen LogP contribution is -1.94. The van der Waals surface area contributed by atoms with Crippen LogP contribution in [0.2, 0.25) is 0 Å². The fourth-order valence-corrected chi connectivity index (χ4v) is 1.68. The molecule has 2 heterocycles. The molecule has 0 saturated carbocycles. The third-order valence-corrected chi connectivity index (χ3v) is 2.51. The molecule has 0 unspecified atom stereocenters. The van der Waals surface area contributed by atoms with Gasteiger partial charge in [-0.3, -0.25) is 5.10 Å². The van der Waals surface area contributed by atoms with Crippen LogP contribution in [0.3, 0.4) is 0 Å². The van der Waals surface area contributed by atoms with Crippen LogP contribution in [0.5, 0.6) is 0 Å². The number of anilines is 1. The monoisotopic (exact) mass is 226 g/mol. The number of aromatic nitrogens is 5. The Kier molecular flexibility index (Phi) is 2.11. The summed E-state index contributed by atoms with van der Waals surface area (Å²) in [5.74, 6) is 0.556. The summed E-state index contributed by atoms with van der Waals surface area (Å²) in [6, 6.07) is 7.85. The van der Waals surface area contributed by atoms with E-state index in [2.05, 4.69) is 20.3 Å². The van der Waals surface area contributed by atoms with Crippen molar-refractivity contribution in [2.24, 2.45) is 0 Å². The van der Waals surface area contributed by atoms with Crippen molar-refractivity contribution in [3.05, 3.63) is 43.1 Å². The number of nitrogens with one attached hydrogen (secondary N) is 1. The maximum Gasteiger partial charge on any atom is 0.138 e. The van der Waals surface area contributed by atoms with E-state index >= 15 is 0 Å². The summed E-state index contributed by atoms with van der Waals surface area (Å²) >= 11 is 0. The zero-order valence-electron chi connectivity index (χ0n) is 8.91. The second kappa shape index (κ2) is 3.75. The highest BCUT2D eigenvalue weighted by Gasteiger charge is 2.06. The van der Waals surface area contributed by atoms with Crippen LogP contribution >= 0.6 is 0 Å². The van der Waals surface area contributed by atoms with E-state index in [9.17, 15) is 0 Å². The molecule has 0 amide bonds. The van der Waals surface area contributed by atoms with Crippen LogP contribution in [-0.4, -0.2) is 25.0 Å². The lowest BCUT2D eigenvalue weighted by atomic mass is 10.1. The van der Waals surface area contributed by atoms with Crippen molar-refractivity contribution < 1.29 is 0 Å². The first kappa shape index (κ1) is 9.59. The van der Waals surface area contributed by atoms with E-state index in [0.717, 1.165) is 16.8 Å². The quantitative estimate of drug-likeness (QED) is 0.688. The first-order valence-corrected chi connectivity index (χ1v) is 5.09. The average Bonchev–Trinajstić information content (AvgIpc) is 2.99. The molecule has 0 saturated heterocycles. The van der Waals surface area contributed by atoms with E-state index in [1.165, 1.54) is 6.33 Å². The van der Waals surface area contributed by atoms with Crippen LogP contribution in [0.25, 0.3) is 16.8 Å². The number of nitrogens with zero attached hydrogens (tertiary/aromatic N) is 4. The molecule has 84 valence electrons. The highest BCUT2D eigenvalue weighted by molar-refractivity contribution is 5.74. The lowest BCUT2D eigenvalue weighted by molar-refractivity contribution is 0.879. The highest BCUT2D eigenvalue weighted by atomic mass is 15.3. The van der Waals surface area contributed by atoms with Gasteiger partial charge in [-0.1, -0.05) is 12.1 Å². The minimum absolute atomic E-state index is 0.556. The normalized spacial score (nSPS) is 10.6.